The lowest BCUT2D eigenvalue weighted by Crippen LogP contribution is -2.34. The van der Waals surface area contributed by atoms with Gasteiger partial charge in [-0.15, -0.1) is 0 Å². The second-order valence-electron chi connectivity index (χ2n) is 4.18. The highest BCUT2D eigenvalue weighted by molar-refractivity contribution is 5.64. The summed E-state index contributed by atoms with van der Waals surface area (Å²) in [5, 5.41) is 0. The Morgan fingerprint density at radius 2 is 2.21 bits per heavy atom. The highest BCUT2D eigenvalue weighted by Gasteiger charge is 2.22. The summed E-state index contributed by atoms with van der Waals surface area (Å²) in [7, 11) is 1.58. The molecule has 0 saturated carbocycles. The number of nitrogen functional groups attached to an aromatic ring is 1. The summed E-state index contributed by atoms with van der Waals surface area (Å²) in [5.41, 5.74) is 2.52. The molecule has 0 spiro atoms. The van der Waals surface area contributed by atoms with Gasteiger partial charge in [-0.1, -0.05) is 0 Å². The van der Waals surface area contributed by atoms with E-state index in [9.17, 15) is 0 Å². The first-order valence-corrected chi connectivity index (χ1v) is 5.94. The van der Waals surface area contributed by atoms with Crippen LogP contribution in [0.3, 0.4) is 0 Å². The molecule has 100 valence electrons. The molecular weight excluding hydrogens is 246 g/mol. The van der Waals surface area contributed by atoms with Crippen LogP contribution in [0.25, 0.3) is 0 Å². The van der Waals surface area contributed by atoms with Crippen molar-refractivity contribution < 1.29 is 4.74 Å². The third-order valence-electron chi connectivity index (χ3n) is 3.17. The number of hydrazine groups is 1. The fraction of sp³-hybridized carbons (Fsp3) is 0.364. The van der Waals surface area contributed by atoms with E-state index in [0.29, 0.717) is 18.1 Å². The third-order valence-corrected chi connectivity index (χ3v) is 3.17. The van der Waals surface area contributed by atoms with Gasteiger partial charge in [0.05, 0.1) is 13.7 Å². The van der Waals surface area contributed by atoms with Crippen molar-refractivity contribution in [2.24, 2.45) is 5.84 Å². The van der Waals surface area contributed by atoms with Crippen molar-refractivity contribution in [2.75, 3.05) is 24.0 Å². The molecule has 0 amide bonds. The molecule has 2 aromatic rings. The van der Waals surface area contributed by atoms with Gasteiger partial charge < -0.3 is 19.6 Å². The second-order valence-corrected chi connectivity index (χ2v) is 4.18. The minimum absolute atomic E-state index is 0.474. The Morgan fingerprint density at radius 1 is 1.32 bits per heavy atom. The number of nitrogens with one attached hydrogen (secondary N) is 1. The zero-order valence-electron chi connectivity index (χ0n) is 10.6. The lowest BCUT2D eigenvalue weighted by molar-refractivity contribution is 0.409. The first kappa shape index (κ1) is 11.7. The van der Waals surface area contributed by atoms with Gasteiger partial charge in [-0.3, -0.25) is 0 Å². The molecule has 3 rings (SSSR count). The quantitative estimate of drug-likeness (QED) is 0.592. The van der Waals surface area contributed by atoms with E-state index in [1.54, 1.807) is 7.11 Å². The number of hydrogen-bond acceptors (Lipinski definition) is 7. The van der Waals surface area contributed by atoms with E-state index in [0.717, 1.165) is 24.7 Å². The van der Waals surface area contributed by atoms with Crippen LogP contribution in [0.2, 0.25) is 0 Å². The van der Waals surface area contributed by atoms with Crippen molar-refractivity contribution in [1.82, 2.24) is 19.5 Å². The molecule has 0 bridgehead atoms. The minimum Gasteiger partial charge on any atom is -0.490 e. The molecule has 8 heteroatoms. The van der Waals surface area contributed by atoms with Crippen molar-refractivity contribution in [3.63, 3.8) is 0 Å². The molecule has 0 aliphatic carbocycles. The number of nitrogens with two attached hydrogens (primary N) is 1. The molecule has 0 atom stereocenters. The molecule has 19 heavy (non-hydrogen) atoms. The van der Waals surface area contributed by atoms with Crippen LogP contribution in [0, 0.1) is 0 Å². The summed E-state index contributed by atoms with van der Waals surface area (Å²) in [6.07, 6.45) is 5.26. The predicted molar refractivity (Wildman–Crippen MR) is 69.7 cm³/mol. The van der Waals surface area contributed by atoms with E-state index in [-0.39, 0.29) is 0 Å². The number of fused-ring (bicyclic) bond motifs is 1. The lowest BCUT2D eigenvalue weighted by atomic mass is 10.3. The normalized spacial score (nSPS) is 14.1. The van der Waals surface area contributed by atoms with Crippen LogP contribution in [0.15, 0.2) is 18.7 Å². The Morgan fingerprint density at radius 3 is 3.00 bits per heavy atom. The molecule has 0 radical (unpaired) electrons. The van der Waals surface area contributed by atoms with E-state index in [4.69, 9.17) is 10.6 Å². The number of hydrogen-bond donors (Lipinski definition) is 2. The zero-order valence-corrected chi connectivity index (χ0v) is 10.6. The summed E-state index contributed by atoms with van der Waals surface area (Å²) >= 11 is 0. The molecule has 3 N–H and O–H groups in total. The summed E-state index contributed by atoms with van der Waals surface area (Å²) in [5.74, 6) is 8.18. The van der Waals surface area contributed by atoms with Crippen molar-refractivity contribution >= 4 is 11.6 Å². The van der Waals surface area contributed by atoms with Crippen molar-refractivity contribution in [1.29, 1.82) is 0 Å². The molecule has 1 aliphatic rings. The standard InChI is InChI=1S/C11H15N7O/c1-19-9-10(16-12)14-7-15-11(9)18-5-4-17-3-2-13-8(17)6-18/h2-3,7H,4-6,12H2,1H3,(H,14,15,16). The minimum atomic E-state index is 0.474. The van der Waals surface area contributed by atoms with Gasteiger partial charge in [0.1, 0.15) is 12.2 Å². The number of methoxy groups -OCH3 is 1. The molecule has 0 saturated heterocycles. The smallest absolute Gasteiger partial charge is 0.205 e. The van der Waals surface area contributed by atoms with Crippen LogP contribution in [0.4, 0.5) is 11.6 Å². The van der Waals surface area contributed by atoms with E-state index in [1.165, 1.54) is 6.33 Å². The van der Waals surface area contributed by atoms with Gasteiger partial charge in [-0.25, -0.2) is 20.8 Å². The Balaban J connectivity index is 1.95. The number of imidazole rings is 1. The highest BCUT2D eigenvalue weighted by atomic mass is 16.5. The van der Waals surface area contributed by atoms with Gasteiger partial charge in [0, 0.05) is 25.5 Å². The molecule has 2 aromatic heterocycles. The fourth-order valence-electron chi connectivity index (χ4n) is 2.23. The maximum absolute atomic E-state index is 5.43. The first-order valence-electron chi connectivity index (χ1n) is 5.94. The van der Waals surface area contributed by atoms with Crippen molar-refractivity contribution in [3.05, 3.63) is 24.5 Å². The van der Waals surface area contributed by atoms with Gasteiger partial charge in [0.25, 0.3) is 0 Å². The Hall–Kier alpha value is -2.35. The van der Waals surface area contributed by atoms with Gasteiger partial charge in [-0.2, -0.15) is 0 Å². The van der Waals surface area contributed by atoms with Crippen LogP contribution in [0.5, 0.6) is 5.75 Å². The number of nitrogens with zero attached hydrogens (tertiary/aromatic N) is 5. The number of ether oxygens (including phenoxy) is 1. The molecule has 0 unspecified atom stereocenters. The molecular formula is C11H15N7O. The van der Waals surface area contributed by atoms with E-state index >= 15 is 0 Å². The highest BCUT2D eigenvalue weighted by Crippen LogP contribution is 2.32. The average Bonchev–Trinajstić information content (AvgIpc) is 2.93. The molecule has 0 fully saturated rings. The van der Waals surface area contributed by atoms with E-state index in [1.807, 2.05) is 12.4 Å². The Labute approximate surface area is 110 Å². The first-order chi connectivity index (χ1) is 9.33. The zero-order chi connectivity index (χ0) is 13.2. The Kier molecular flexibility index (Phi) is 2.92. The number of aromatic nitrogens is 4. The topological polar surface area (TPSA) is 94.1 Å². The maximum Gasteiger partial charge on any atom is 0.205 e. The van der Waals surface area contributed by atoms with Crippen molar-refractivity contribution in [2.45, 2.75) is 13.1 Å². The van der Waals surface area contributed by atoms with Crippen LogP contribution in [-0.2, 0) is 13.1 Å². The van der Waals surface area contributed by atoms with Gasteiger partial charge >= 0.3 is 0 Å². The third kappa shape index (κ3) is 1.95. The summed E-state index contributed by atoms with van der Waals surface area (Å²) < 4.78 is 7.48. The van der Waals surface area contributed by atoms with Crippen LogP contribution in [-0.4, -0.2) is 33.2 Å². The predicted octanol–water partition coefficient (Wildman–Crippen LogP) is -0.0125. The van der Waals surface area contributed by atoms with Crippen LogP contribution in [0.1, 0.15) is 5.82 Å². The van der Waals surface area contributed by atoms with Crippen LogP contribution >= 0.6 is 0 Å². The summed E-state index contributed by atoms with van der Waals surface area (Å²) in [6, 6.07) is 0. The monoisotopic (exact) mass is 261 g/mol. The van der Waals surface area contributed by atoms with E-state index < -0.39 is 0 Å². The average molecular weight is 261 g/mol. The molecule has 3 heterocycles. The number of anilines is 2. The van der Waals surface area contributed by atoms with Crippen molar-refractivity contribution in [3.8, 4) is 5.75 Å². The largest absolute Gasteiger partial charge is 0.490 e. The fourth-order valence-corrected chi connectivity index (χ4v) is 2.23. The van der Waals surface area contributed by atoms with Crippen LogP contribution < -0.4 is 20.9 Å². The van der Waals surface area contributed by atoms with E-state index in [2.05, 4.69) is 29.8 Å². The Bertz CT molecular complexity index is 582. The molecule has 0 aromatic carbocycles. The summed E-state index contributed by atoms with van der Waals surface area (Å²) in [4.78, 5) is 14.8. The SMILES string of the molecule is COc1c(NN)ncnc1N1CCn2ccnc2C1. The van der Waals surface area contributed by atoms with Gasteiger partial charge in [-0.05, 0) is 0 Å². The van der Waals surface area contributed by atoms with Gasteiger partial charge in [0.15, 0.2) is 11.6 Å². The maximum atomic E-state index is 5.43. The second kappa shape index (κ2) is 4.73. The molecule has 8 nitrogen and oxygen atoms in total. The van der Waals surface area contributed by atoms with Gasteiger partial charge in [0.2, 0.25) is 5.75 Å². The summed E-state index contributed by atoms with van der Waals surface area (Å²) in [6.45, 7) is 2.39. The number of rotatable bonds is 3. The molecule has 1 aliphatic heterocycles. The lowest BCUT2D eigenvalue weighted by Gasteiger charge is -2.29.